The molecule has 0 aliphatic heterocycles. The maximum absolute atomic E-state index is 12.8. The van der Waals surface area contributed by atoms with Crippen LogP contribution in [0, 0.1) is 0 Å². The van der Waals surface area contributed by atoms with Gasteiger partial charge < -0.3 is 9.67 Å². The van der Waals surface area contributed by atoms with Crippen LogP contribution in [0.5, 0.6) is 0 Å². The van der Waals surface area contributed by atoms with E-state index in [1.165, 1.54) is 10.6 Å². The summed E-state index contributed by atoms with van der Waals surface area (Å²) < 4.78 is 40.4. The molecule has 3 aromatic rings. The Morgan fingerprint density at radius 1 is 1.19 bits per heavy atom. The van der Waals surface area contributed by atoms with E-state index in [0.717, 1.165) is 23.5 Å². The van der Waals surface area contributed by atoms with Crippen LogP contribution < -0.4 is 4.80 Å². The third kappa shape index (κ3) is 4.20. The highest BCUT2D eigenvalue weighted by atomic mass is 35.5. The molecule has 0 unspecified atom stereocenters. The number of thiazole rings is 1. The van der Waals surface area contributed by atoms with Crippen molar-refractivity contribution in [3.63, 3.8) is 0 Å². The minimum atomic E-state index is -4.59. The number of aliphatic carboxylic acids is 1. The van der Waals surface area contributed by atoms with Crippen LogP contribution in [0.1, 0.15) is 15.9 Å². The maximum atomic E-state index is 12.8. The zero-order valence-electron chi connectivity index (χ0n) is 13.3. The van der Waals surface area contributed by atoms with Gasteiger partial charge in [-0.15, -0.1) is 0 Å². The summed E-state index contributed by atoms with van der Waals surface area (Å²) in [5, 5.41) is 9.53. The second-order valence-electron chi connectivity index (χ2n) is 5.47. The Bertz CT molecular complexity index is 1120. The summed E-state index contributed by atoms with van der Waals surface area (Å²) in [7, 11) is 0. The van der Waals surface area contributed by atoms with E-state index in [9.17, 15) is 22.8 Å². The van der Waals surface area contributed by atoms with Gasteiger partial charge in [0.15, 0.2) is 4.80 Å². The summed E-state index contributed by atoms with van der Waals surface area (Å²) in [5.74, 6) is -2.06. The van der Waals surface area contributed by atoms with Crippen LogP contribution in [-0.2, 0) is 17.5 Å². The Labute approximate surface area is 159 Å². The first-order valence-electron chi connectivity index (χ1n) is 7.42. The highest BCUT2D eigenvalue weighted by Gasteiger charge is 2.30. The van der Waals surface area contributed by atoms with Crippen molar-refractivity contribution >= 4 is 45.0 Å². The van der Waals surface area contributed by atoms with E-state index < -0.39 is 30.2 Å². The first-order chi connectivity index (χ1) is 12.6. The van der Waals surface area contributed by atoms with Gasteiger partial charge in [-0.25, -0.2) is 0 Å². The predicted molar refractivity (Wildman–Crippen MR) is 93.8 cm³/mol. The van der Waals surface area contributed by atoms with Crippen LogP contribution in [0.15, 0.2) is 47.5 Å². The number of carbonyl (C=O) groups is 2. The molecule has 0 atom stereocenters. The number of amides is 1. The summed E-state index contributed by atoms with van der Waals surface area (Å²) in [5.41, 5.74) is -0.713. The highest BCUT2D eigenvalue weighted by molar-refractivity contribution is 7.16. The predicted octanol–water partition coefficient (Wildman–Crippen LogP) is 4.20. The fourth-order valence-electron chi connectivity index (χ4n) is 2.40. The zero-order valence-corrected chi connectivity index (χ0v) is 14.9. The quantitative estimate of drug-likeness (QED) is 0.698. The zero-order chi connectivity index (χ0) is 19.8. The number of carbonyl (C=O) groups excluding carboxylic acids is 1. The number of carboxylic acids is 1. The molecule has 1 aromatic heterocycles. The SMILES string of the molecule is O=C(O)Cn1/c(=N/C(=O)c2cccc(C(F)(F)F)c2)sc2cc(Cl)ccc21. The number of hydrogen-bond donors (Lipinski definition) is 1. The van der Waals surface area contributed by atoms with E-state index in [1.807, 2.05) is 0 Å². The van der Waals surface area contributed by atoms with E-state index in [4.69, 9.17) is 16.7 Å². The number of aromatic nitrogens is 1. The van der Waals surface area contributed by atoms with Crippen LogP contribution in [0.4, 0.5) is 13.2 Å². The van der Waals surface area contributed by atoms with E-state index >= 15 is 0 Å². The molecule has 0 saturated heterocycles. The monoisotopic (exact) mass is 414 g/mol. The number of nitrogens with zero attached hydrogens (tertiary/aromatic N) is 2. The molecule has 0 spiro atoms. The summed E-state index contributed by atoms with van der Waals surface area (Å²) in [4.78, 5) is 27.4. The van der Waals surface area contributed by atoms with Gasteiger partial charge in [-0.3, -0.25) is 9.59 Å². The maximum Gasteiger partial charge on any atom is 0.416 e. The molecule has 10 heteroatoms. The molecule has 0 aliphatic carbocycles. The molecule has 1 heterocycles. The average Bonchev–Trinajstić information content (AvgIpc) is 2.90. The molecule has 0 bridgehead atoms. The van der Waals surface area contributed by atoms with Crippen molar-refractivity contribution in [2.45, 2.75) is 12.7 Å². The van der Waals surface area contributed by atoms with Crippen LogP contribution in [-0.4, -0.2) is 21.6 Å². The van der Waals surface area contributed by atoms with Crippen molar-refractivity contribution in [2.24, 2.45) is 4.99 Å². The average molecular weight is 415 g/mol. The molecule has 0 saturated carbocycles. The Morgan fingerprint density at radius 2 is 1.93 bits per heavy atom. The van der Waals surface area contributed by atoms with E-state index in [2.05, 4.69) is 4.99 Å². The summed E-state index contributed by atoms with van der Waals surface area (Å²) in [6.45, 7) is -0.462. The number of carboxylic acid groups (broad SMARTS) is 1. The van der Waals surface area contributed by atoms with Gasteiger partial charge in [0.1, 0.15) is 6.54 Å². The first kappa shape index (κ1) is 19.1. The molecular weight excluding hydrogens is 405 g/mol. The molecule has 1 N–H and O–H groups in total. The largest absolute Gasteiger partial charge is 0.480 e. The highest BCUT2D eigenvalue weighted by Crippen LogP contribution is 2.29. The third-order valence-corrected chi connectivity index (χ3v) is 4.85. The lowest BCUT2D eigenvalue weighted by molar-refractivity contribution is -0.138. The minimum absolute atomic E-state index is 0.0529. The summed E-state index contributed by atoms with van der Waals surface area (Å²) in [6.07, 6.45) is -4.59. The molecule has 140 valence electrons. The normalized spacial score (nSPS) is 12.5. The minimum Gasteiger partial charge on any atom is -0.480 e. The molecule has 0 aliphatic rings. The molecule has 5 nitrogen and oxygen atoms in total. The number of hydrogen-bond acceptors (Lipinski definition) is 3. The van der Waals surface area contributed by atoms with Gasteiger partial charge in [0, 0.05) is 10.6 Å². The van der Waals surface area contributed by atoms with Gasteiger partial charge in [0.05, 0.1) is 15.8 Å². The molecule has 0 radical (unpaired) electrons. The fraction of sp³-hybridized carbons (Fsp3) is 0.118. The van der Waals surface area contributed by atoms with Crippen LogP contribution in [0.2, 0.25) is 5.02 Å². The number of alkyl halides is 3. The van der Waals surface area contributed by atoms with Crippen molar-refractivity contribution in [1.82, 2.24) is 4.57 Å². The van der Waals surface area contributed by atoms with Crippen LogP contribution >= 0.6 is 22.9 Å². The molecule has 1 amide bonds. The van der Waals surface area contributed by atoms with Crippen molar-refractivity contribution in [1.29, 1.82) is 0 Å². The van der Waals surface area contributed by atoms with Gasteiger partial charge in [-0.05, 0) is 36.4 Å². The summed E-state index contributed by atoms with van der Waals surface area (Å²) >= 11 is 6.94. The second-order valence-corrected chi connectivity index (χ2v) is 6.92. The molecule has 0 fully saturated rings. The van der Waals surface area contributed by atoms with Gasteiger partial charge in [0.25, 0.3) is 5.91 Å². The number of fused-ring (bicyclic) bond motifs is 1. The lowest BCUT2D eigenvalue weighted by Crippen LogP contribution is -2.21. The summed E-state index contributed by atoms with van der Waals surface area (Å²) in [6, 6.07) is 8.63. The van der Waals surface area contributed by atoms with Gasteiger partial charge in [-0.1, -0.05) is 29.0 Å². The van der Waals surface area contributed by atoms with Gasteiger partial charge >= 0.3 is 12.1 Å². The van der Waals surface area contributed by atoms with Crippen LogP contribution in [0.25, 0.3) is 10.2 Å². The first-order valence-corrected chi connectivity index (χ1v) is 8.61. The second kappa shape index (κ2) is 7.16. The fourth-order valence-corrected chi connectivity index (χ4v) is 3.70. The Kier molecular flexibility index (Phi) is 5.07. The smallest absolute Gasteiger partial charge is 0.416 e. The molecule has 3 rings (SSSR count). The Balaban J connectivity index is 2.12. The molecule has 2 aromatic carbocycles. The number of benzene rings is 2. The van der Waals surface area contributed by atoms with Crippen molar-refractivity contribution < 1.29 is 27.9 Å². The van der Waals surface area contributed by atoms with Gasteiger partial charge in [-0.2, -0.15) is 18.2 Å². The molecular formula is C17H10ClF3N2O3S. The standard InChI is InChI=1S/C17H10ClF3N2O3S/c18-11-4-5-12-13(7-11)27-16(23(12)8-14(24)25)22-15(26)9-2-1-3-10(6-9)17(19,20)21/h1-7H,8H2,(H,24,25)/b22-16-. The number of halogens is 4. The van der Waals surface area contributed by atoms with Crippen molar-refractivity contribution in [3.8, 4) is 0 Å². The van der Waals surface area contributed by atoms with Crippen molar-refractivity contribution in [2.75, 3.05) is 0 Å². The Morgan fingerprint density at radius 3 is 2.59 bits per heavy atom. The van der Waals surface area contributed by atoms with E-state index in [-0.39, 0.29) is 10.4 Å². The van der Waals surface area contributed by atoms with E-state index in [1.54, 1.807) is 18.2 Å². The van der Waals surface area contributed by atoms with Crippen LogP contribution in [0.3, 0.4) is 0 Å². The van der Waals surface area contributed by atoms with Gasteiger partial charge in [0.2, 0.25) is 0 Å². The molecule has 27 heavy (non-hydrogen) atoms. The van der Waals surface area contributed by atoms with E-state index in [0.29, 0.717) is 21.3 Å². The lowest BCUT2D eigenvalue weighted by Gasteiger charge is -2.06. The third-order valence-electron chi connectivity index (χ3n) is 3.57. The van der Waals surface area contributed by atoms with Crippen molar-refractivity contribution in [3.05, 3.63) is 63.4 Å². The topological polar surface area (TPSA) is 71.7 Å². The number of rotatable bonds is 3. The Hall–Kier alpha value is -2.65. The lowest BCUT2D eigenvalue weighted by atomic mass is 10.1.